The van der Waals surface area contributed by atoms with Gasteiger partial charge < -0.3 is 9.84 Å². The van der Waals surface area contributed by atoms with Gasteiger partial charge in [-0.2, -0.15) is 4.31 Å². The van der Waals surface area contributed by atoms with Crippen LogP contribution in [0.15, 0.2) is 29.2 Å². The van der Waals surface area contributed by atoms with Gasteiger partial charge in [0, 0.05) is 25.3 Å². The van der Waals surface area contributed by atoms with E-state index in [1.807, 2.05) is 0 Å². The average Bonchev–Trinajstić information content (AvgIpc) is 2.48. The maximum Gasteiger partial charge on any atom is 0.243 e. The molecule has 2 rings (SSSR count). The molecule has 1 fully saturated rings. The van der Waals surface area contributed by atoms with E-state index in [1.54, 1.807) is 24.3 Å². The van der Waals surface area contributed by atoms with Gasteiger partial charge in [0.1, 0.15) is 5.75 Å². The van der Waals surface area contributed by atoms with Crippen molar-refractivity contribution in [3.8, 4) is 5.75 Å². The fraction of sp³-hybridized carbons (Fsp3) is 0.571. The number of ether oxygens (including phenoxy) is 1. The van der Waals surface area contributed by atoms with Crippen LogP contribution in [-0.2, 0) is 10.0 Å². The highest BCUT2D eigenvalue weighted by Gasteiger charge is 2.33. The zero-order chi connectivity index (χ0) is 14.6. The van der Waals surface area contributed by atoms with Crippen molar-refractivity contribution >= 4 is 10.0 Å². The number of aliphatic hydroxyl groups excluding tert-OH is 1. The second-order valence-electron chi connectivity index (χ2n) is 4.96. The quantitative estimate of drug-likeness (QED) is 0.897. The van der Waals surface area contributed by atoms with Gasteiger partial charge in [-0.15, -0.1) is 0 Å². The molecule has 20 heavy (non-hydrogen) atoms. The number of aliphatic hydroxyl groups is 1. The van der Waals surface area contributed by atoms with E-state index >= 15 is 0 Å². The monoisotopic (exact) mass is 299 g/mol. The van der Waals surface area contributed by atoms with Crippen molar-refractivity contribution in [2.24, 2.45) is 0 Å². The maximum atomic E-state index is 12.7. The van der Waals surface area contributed by atoms with Gasteiger partial charge in [-0.25, -0.2) is 8.42 Å². The van der Waals surface area contributed by atoms with E-state index < -0.39 is 10.0 Å². The first-order chi connectivity index (χ1) is 9.59. The van der Waals surface area contributed by atoms with Crippen LogP contribution in [0.2, 0.25) is 0 Å². The Kier molecular flexibility index (Phi) is 5.01. The molecule has 6 heteroatoms. The molecule has 5 nitrogen and oxygen atoms in total. The molecule has 0 spiro atoms. The number of hydrogen-bond donors (Lipinski definition) is 1. The molecule has 0 radical (unpaired) electrons. The van der Waals surface area contributed by atoms with E-state index in [0.717, 1.165) is 19.3 Å². The molecule has 1 aliphatic rings. The van der Waals surface area contributed by atoms with Crippen LogP contribution in [0.25, 0.3) is 0 Å². The third-order valence-electron chi connectivity index (χ3n) is 3.68. The van der Waals surface area contributed by atoms with Crippen molar-refractivity contribution in [2.75, 3.05) is 20.3 Å². The summed E-state index contributed by atoms with van der Waals surface area (Å²) in [6.07, 6.45) is 3.17. The standard InChI is InChI=1S/C14H21NO4S/c1-19-13-6-4-7-14(11-13)20(17,18)15-9-3-2-5-12(15)8-10-16/h4,6-7,11-12,16H,2-3,5,8-10H2,1H3. The zero-order valence-electron chi connectivity index (χ0n) is 11.7. The van der Waals surface area contributed by atoms with Gasteiger partial charge >= 0.3 is 0 Å². The van der Waals surface area contributed by atoms with Gasteiger partial charge in [-0.1, -0.05) is 12.5 Å². The van der Waals surface area contributed by atoms with Crippen LogP contribution in [0.4, 0.5) is 0 Å². The highest BCUT2D eigenvalue weighted by molar-refractivity contribution is 7.89. The third kappa shape index (κ3) is 3.13. The van der Waals surface area contributed by atoms with Crippen LogP contribution >= 0.6 is 0 Å². The largest absolute Gasteiger partial charge is 0.497 e. The Labute approximate surface area is 120 Å². The first-order valence-electron chi connectivity index (χ1n) is 6.86. The van der Waals surface area contributed by atoms with Gasteiger partial charge in [0.25, 0.3) is 0 Å². The Morgan fingerprint density at radius 3 is 2.90 bits per heavy atom. The predicted octanol–water partition coefficient (Wildman–Crippen LogP) is 1.62. The lowest BCUT2D eigenvalue weighted by atomic mass is 10.0. The second kappa shape index (κ2) is 6.56. The van der Waals surface area contributed by atoms with Crippen LogP contribution in [0.1, 0.15) is 25.7 Å². The fourth-order valence-electron chi connectivity index (χ4n) is 2.62. The summed E-state index contributed by atoms with van der Waals surface area (Å²) in [4.78, 5) is 0.252. The van der Waals surface area contributed by atoms with Crippen LogP contribution in [0.3, 0.4) is 0 Å². The Balaban J connectivity index is 2.31. The van der Waals surface area contributed by atoms with E-state index in [0.29, 0.717) is 18.7 Å². The van der Waals surface area contributed by atoms with E-state index in [-0.39, 0.29) is 17.5 Å². The summed E-state index contributed by atoms with van der Waals surface area (Å²) in [6, 6.07) is 6.42. The number of piperidine rings is 1. The Bertz CT molecular complexity index is 542. The minimum atomic E-state index is -3.52. The first-order valence-corrected chi connectivity index (χ1v) is 8.30. The molecule has 0 aromatic heterocycles. The van der Waals surface area contributed by atoms with Crippen LogP contribution in [0, 0.1) is 0 Å². The van der Waals surface area contributed by atoms with Crippen LogP contribution in [-0.4, -0.2) is 44.1 Å². The molecule has 0 saturated carbocycles. The molecule has 1 aliphatic heterocycles. The van der Waals surface area contributed by atoms with Crippen molar-refractivity contribution in [2.45, 2.75) is 36.6 Å². The van der Waals surface area contributed by atoms with Crippen LogP contribution in [0.5, 0.6) is 5.75 Å². The average molecular weight is 299 g/mol. The molecular weight excluding hydrogens is 278 g/mol. The summed E-state index contributed by atoms with van der Waals surface area (Å²) in [5.74, 6) is 0.529. The number of nitrogens with zero attached hydrogens (tertiary/aromatic N) is 1. The van der Waals surface area contributed by atoms with Crippen molar-refractivity contribution in [1.29, 1.82) is 0 Å². The van der Waals surface area contributed by atoms with Gasteiger partial charge in [-0.05, 0) is 31.4 Å². The summed E-state index contributed by atoms with van der Waals surface area (Å²) < 4.78 is 32.1. The normalized spacial score (nSPS) is 20.8. The lowest BCUT2D eigenvalue weighted by Crippen LogP contribution is -2.44. The molecule has 112 valence electrons. The maximum absolute atomic E-state index is 12.7. The number of methoxy groups -OCH3 is 1. The highest BCUT2D eigenvalue weighted by Crippen LogP contribution is 2.28. The Hall–Kier alpha value is -1.11. The minimum Gasteiger partial charge on any atom is -0.497 e. The SMILES string of the molecule is COc1cccc(S(=O)(=O)N2CCCCC2CCO)c1. The molecule has 0 aliphatic carbocycles. The van der Waals surface area contributed by atoms with Crippen LogP contribution < -0.4 is 4.74 Å². The van der Waals surface area contributed by atoms with Crippen molar-refractivity contribution in [1.82, 2.24) is 4.31 Å². The lowest BCUT2D eigenvalue weighted by Gasteiger charge is -2.34. The van der Waals surface area contributed by atoms with E-state index in [1.165, 1.54) is 11.4 Å². The minimum absolute atomic E-state index is 0.00873. The van der Waals surface area contributed by atoms with Gasteiger partial charge in [0.05, 0.1) is 12.0 Å². The smallest absolute Gasteiger partial charge is 0.243 e. The van der Waals surface area contributed by atoms with Crippen molar-refractivity contribution in [3.05, 3.63) is 24.3 Å². The summed E-state index contributed by atoms with van der Waals surface area (Å²) >= 11 is 0. The van der Waals surface area contributed by atoms with Gasteiger partial charge in [0.2, 0.25) is 10.0 Å². The molecule has 1 heterocycles. The predicted molar refractivity (Wildman–Crippen MR) is 76.2 cm³/mol. The van der Waals surface area contributed by atoms with Gasteiger partial charge in [0.15, 0.2) is 0 Å². The van der Waals surface area contributed by atoms with E-state index in [9.17, 15) is 8.42 Å². The molecule has 1 saturated heterocycles. The highest BCUT2D eigenvalue weighted by atomic mass is 32.2. The number of hydrogen-bond acceptors (Lipinski definition) is 4. The molecule has 1 N–H and O–H groups in total. The third-order valence-corrected chi connectivity index (χ3v) is 5.63. The summed E-state index contributed by atoms with van der Waals surface area (Å²) in [5, 5.41) is 9.11. The van der Waals surface area contributed by atoms with Crippen molar-refractivity contribution in [3.63, 3.8) is 0 Å². The Morgan fingerprint density at radius 1 is 1.40 bits per heavy atom. The summed E-state index contributed by atoms with van der Waals surface area (Å²) in [6.45, 7) is 0.527. The molecule has 1 unspecified atom stereocenters. The van der Waals surface area contributed by atoms with Crippen molar-refractivity contribution < 1.29 is 18.3 Å². The molecule has 0 amide bonds. The number of rotatable bonds is 5. The first kappa shape index (κ1) is 15.3. The lowest BCUT2D eigenvalue weighted by molar-refractivity contribution is 0.192. The number of sulfonamides is 1. The van der Waals surface area contributed by atoms with Gasteiger partial charge in [-0.3, -0.25) is 0 Å². The fourth-order valence-corrected chi connectivity index (χ4v) is 4.38. The number of benzene rings is 1. The molecule has 1 aromatic rings. The zero-order valence-corrected chi connectivity index (χ0v) is 12.5. The molecule has 1 aromatic carbocycles. The van der Waals surface area contributed by atoms with E-state index in [4.69, 9.17) is 9.84 Å². The molecule has 0 bridgehead atoms. The molecular formula is C14H21NO4S. The summed E-state index contributed by atoms with van der Waals surface area (Å²) in [5.41, 5.74) is 0. The Morgan fingerprint density at radius 2 is 2.20 bits per heavy atom. The second-order valence-corrected chi connectivity index (χ2v) is 6.85. The molecule has 1 atom stereocenters. The summed E-state index contributed by atoms with van der Waals surface area (Å²) in [7, 11) is -2.01. The topological polar surface area (TPSA) is 66.8 Å². The van der Waals surface area contributed by atoms with E-state index in [2.05, 4.69) is 0 Å².